The molecule has 0 bridgehead atoms. The number of allylic oxidation sites excluding steroid dienone is 1. The zero-order valence-corrected chi connectivity index (χ0v) is 12.0. The largest absolute Gasteiger partial charge is 0.426 e. The lowest BCUT2D eigenvalue weighted by Crippen LogP contribution is -2.06. The maximum Gasteiger partial charge on any atom is 0.308 e. The lowest BCUT2D eigenvalue weighted by atomic mass is 10.1. The number of ketones is 1. The van der Waals surface area contributed by atoms with Gasteiger partial charge in [0.05, 0.1) is 5.56 Å². The third-order valence-electron chi connectivity index (χ3n) is 2.88. The van der Waals surface area contributed by atoms with Gasteiger partial charge in [-0.25, -0.2) is 0 Å². The van der Waals surface area contributed by atoms with Crippen LogP contribution in [-0.4, -0.2) is 11.8 Å². The van der Waals surface area contributed by atoms with Crippen LogP contribution in [0, 0.1) is 6.92 Å². The Hall–Kier alpha value is -2.68. The SMILES string of the molecule is CC(=O)Oc1cc(C)ccc1C(=O)C=Cc1ccccc1. The van der Waals surface area contributed by atoms with Crippen LogP contribution < -0.4 is 4.74 Å². The number of carbonyl (C=O) groups is 2. The molecule has 0 aliphatic carbocycles. The predicted octanol–water partition coefficient (Wildman–Crippen LogP) is 3.82. The summed E-state index contributed by atoms with van der Waals surface area (Å²) in [4.78, 5) is 23.4. The summed E-state index contributed by atoms with van der Waals surface area (Å²) in [6.45, 7) is 3.19. The molecule has 0 radical (unpaired) electrons. The second kappa shape index (κ2) is 6.66. The van der Waals surface area contributed by atoms with Crippen molar-refractivity contribution in [1.82, 2.24) is 0 Å². The van der Waals surface area contributed by atoms with Crippen LogP contribution in [0.2, 0.25) is 0 Å². The van der Waals surface area contributed by atoms with Crippen LogP contribution >= 0.6 is 0 Å². The minimum atomic E-state index is -0.443. The highest BCUT2D eigenvalue weighted by Crippen LogP contribution is 2.22. The Morgan fingerprint density at radius 2 is 1.76 bits per heavy atom. The molecule has 2 rings (SSSR count). The molecule has 0 heterocycles. The predicted molar refractivity (Wildman–Crippen MR) is 82.3 cm³/mol. The van der Waals surface area contributed by atoms with E-state index in [9.17, 15) is 9.59 Å². The molecule has 106 valence electrons. The standard InChI is InChI=1S/C18H16O3/c1-13-8-10-16(18(12-13)21-14(2)19)17(20)11-9-15-6-4-3-5-7-15/h3-12H,1-2H3. The van der Waals surface area contributed by atoms with Gasteiger partial charge in [-0.3, -0.25) is 9.59 Å². The highest BCUT2D eigenvalue weighted by atomic mass is 16.5. The maximum atomic E-state index is 12.3. The first-order valence-electron chi connectivity index (χ1n) is 6.63. The van der Waals surface area contributed by atoms with Crippen molar-refractivity contribution in [2.75, 3.05) is 0 Å². The number of rotatable bonds is 4. The fourth-order valence-electron chi connectivity index (χ4n) is 1.90. The summed E-state index contributed by atoms with van der Waals surface area (Å²) in [7, 11) is 0. The molecule has 0 atom stereocenters. The Morgan fingerprint density at radius 1 is 1.05 bits per heavy atom. The summed E-state index contributed by atoms with van der Waals surface area (Å²) < 4.78 is 5.11. The van der Waals surface area contributed by atoms with Gasteiger partial charge >= 0.3 is 5.97 Å². The molecule has 3 nitrogen and oxygen atoms in total. The Balaban J connectivity index is 2.26. The lowest BCUT2D eigenvalue weighted by Gasteiger charge is -2.07. The highest BCUT2D eigenvalue weighted by molar-refractivity contribution is 6.09. The summed E-state index contributed by atoms with van der Waals surface area (Å²) in [6.07, 6.45) is 3.22. The average Bonchev–Trinajstić information content (AvgIpc) is 2.45. The van der Waals surface area contributed by atoms with Gasteiger partial charge in [-0.2, -0.15) is 0 Å². The van der Waals surface area contributed by atoms with Crippen molar-refractivity contribution < 1.29 is 14.3 Å². The first-order valence-corrected chi connectivity index (χ1v) is 6.63. The van der Waals surface area contributed by atoms with E-state index in [4.69, 9.17) is 4.74 Å². The van der Waals surface area contributed by atoms with Crippen LogP contribution in [0.1, 0.15) is 28.4 Å². The van der Waals surface area contributed by atoms with Crippen LogP contribution in [0.15, 0.2) is 54.6 Å². The molecule has 0 N–H and O–H groups in total. The first kappa shape index (κ1) is 14.7. The topological polar surface area (TPSA) is 43.4 Å². The minimum Gasteiger partial charge on any atom is -0.426 e. The molecule has 0 aliphatic rings. The molecule has 21 heavy (non-hydrogen) atoms. The van der Waals surface area contributed by atoms with Gasteiger partial charge < -0.3 is 4.74 Å². The summed E-state index contributed by atoms with van der Waals surface area (Å²) in [6, 6.07) is 14.7. The number of carbonyl (C=O) groups excluding carboxylic acids is 2. The van der Waals surface area contributed by atoms with Crippen LogP contribution in [0.3, 0.4) is 0 Å². The lowest BCUT2D eigenvalue weighted by molar-refractivity contribution is -0.131. The monoisotopic (exact) mass is 280 g/mol. The number of benzene rings is 2. The molecular weight excluding hydrogens is 264 g/mol. The van der Waals surface area contributed by atoms with Gasteiger partial charge in [0.2, 0.25) is 0 Å². The number of ether oxygens (including phenoxy) is 1. The van der Waals surface area contributed by atoms with Gasteiger partial charge in [0.25, 0.3) is 0 Å². The third-order valence-corrected chi connectivity index (χ3v) is 2.88. The third kappa shape index (κ3) is 4.14. The average molecular weight is 280 g/mol. The zero-order chi connectivity index (χ0) is 15.2. The molecular formula is C18H16O3. The van der Waals surface area contributed by atoms with Crippen LogP contribution in [0.4, 0.5) is 0 Å². The molecule has 0 aliphatic heterocycles. The second-order valence-electron chi connectivity index (χ2n) is 4.70. The smallest absolute Gasteiger partial charge is 0.308 e. The Bertz CT molecular complexity index is 685. The van der Waals surface area contributed by atoms with E-state index in [0.29, 0.717) is 11.3 Å². The Morgan fingerprint density at radius 3 is 2.43 bits per heavy atom. The van der Waals surface area contributed by atoms with E-state index in [2.05, 4.69) is 0 Å². The van der Waals surface area contributed by atoms with Gasteiger partial charge in [0, 0.05) is 6.92 Å². The van der Waals surface area contributed by atoms with Gasteiger partial charge in [-0.15, -0.1) is 0 Å². The fraction of sp³-hybridized carbons (Fsp3) is 0.111. The molecule has 0 unspecified atom stereocenters. The van der Waals surface area contributed by atoms with Crippen molar-refractivity contribution in [3.63, 3.8) is 0 Å². The minimum absolute atomic E-state index is 0.199. The number of esters is 1. The van der Waals surface area contributed by atoms with Crippen LogP contribution in [0.5, 0.6) is 5.75 Å². The Kier molecular flexibility index (Phi) is 4.67. The normalized spacial score (nSPS) is 10.6. The van der Waals surface area contributed by atoms with Crippen molar-refractivity contribution in [3.05, 3.63) is 71.3 Å². The first-order chi connectivity index (χ1) is 10.1. The quantitative estimate of drug-likeness (QED) is 0.370. The maximum absolute atomic E-state index is 12.3. The van der Waals surface area contributed by atoms with Crippen molar-refractivity contribution >= 4 is 17.8 Å². The molecule has 0 fully saturated rings. The van der Waals surface area contributed by atoms with Gasteiger partial charge in [-0.1, -0.05) is 42.5 Å². The van der Waals surface area contributed by atoms with Crippen molar-refractivity contribution in [2.24, 2.45) is 0 Å². The van der Waals surface area contributed by atoms with Crippen molar-refractivity contribution in [2.45, 2.75) is 13.8 Å². The van der Waals surface area contributed by atoms with Crippen LogP contribution in [-0.2, 0) is 4.79 Å². The summed E-state index contributed by atoms with van der Waals surface area (Å²) in [5.74, 6) is -0.345. The summed E-state index contributed by atoms with van der Waals surface area (Å²) >= 11 is 0. The van der Waals surface area contributed by atoms with E-state index < -0.39 is 5.97 Å². The molecule has 2 aromatic rings. The summed E-state index contributed by atoms with van der Waals surface area (Å²) in [5, 5.41) is 0. The molecule has 2 aromatic carbocycles. The van der Waals surface area contributed by atoms with E-state index in [1.165, 1.54) is 13.0 Å². The van der Waals surface area contributed by atoms with Gasteiger partial charge in [-0.05, 0) is 36.3 Å². The van der Waals surface area contributed by atoms with Crippen LogP contribution in [0.25, 0.3) is 6.08 Å². The summed E-state index contributed by atoms with van der Waals surface area (Å²) in [5.41, 5.74) is 2.24. The molecule has 0 amide bonds. The van der Waals surface area contributed by atoms with E-state index in [0.717, 1.165) is 11.1 Å². The van der Waals surface area contributed by atoms with E-state index >= 15 is 0 Å². The van der Waals surface area contributed by atoms with Gasteiger partial charge in [0.1, 0.15) is 5.75 Å². The molecule has 3 heteroatoms. The zero-order valence-electron chi connectivity index (χ0n) is 12.0. The van der Waals surface area contributed by atoms with E-state index in [1.54, 1.807) is 18.2 Å². The van der Waals surface area contributed by atoms with E-state index in [-0.39, 0.29) is 5.78 Å². The Labute approximate surface area is 123 Å². The molecule has 0 aromatic heterocycles. The number of hydrogen-bond donors (Lipinski definition) is 0. The van der Waals surface area contributed by atoms with Gasteiger partial charge in [0.15, 0.2) is 5.78 Å². The van der Waals surface area contributed by atoms with E-state index in [1.807, 2.05) is 43.3 Å². The number of hydrogen-bond acceptors (Lipinski definition) is 3. The fourth-order valence-corrected chi connectivity index (χ4v) is 1.90. The highest BCUT2D eigenvalue weighted by Gasteiger charge is 2.12. The molecule has 0 spiro atoms. The molecule has 0 saturated carbocycles. The van der Waals surface area contributed by atoms with Crippen molar-refractivity contribution in [1.29, 1.82) is 0 Å². The number of aryl methyl sites for hydroxylation is 1. The van der Waals surface area contributed by atoms with Crippen molar-refractivity contribution in [3.8, 4) is 5.75 Å². The second-order valence-corrected chi connectivity index (χ2v) is 4.70. The molecule has 0 saturated heterocycles.